The monoisotopic (exact) mass is 477 g/mol. The Balaban J connectivity index is 2.15. The van der Waals surface area contributed by atoms with Crippen LogP contribution in [0.1, 0.15) is 5.56 Å². The smallest absolute Gasteiger partial charge is 0.260 e. The lowest BCUT2D eigenvalue weighted by Gasteiger charge is -2.22. The second-order valence-electron chi connectivity index (χ2n) is 5.18. The Hall–Kier alpha value is -1.61. The van der Waals surface area contributed by atoms with Gasteiger partial charge in [-0.05, 0) is 24.3 Å². The molecule has 0 atom stereocenters. The van der Waals surface area contributed by atoms with Crippen molar-refractivity contribution in [2.75, 3.05) is 17.1 Å². The summed E-state index contributed by atoms with van der Waals surface area (Å²) in [6.45, 7) is -0.494. The highest BCUT2D eigenvalue weighted by molar-refractivity contribution is 9.10. The number of nitrogens with one attached hydrogen (secondary N) is 1. The number of sulfonamides is 1. The van der Waals surface area contributed by atoms with Gasteiger partial charge in [-0.3, -0.25) is 9.10 Å². The third kappa shape index (κ3) is 5.70. The van der Waals surface area contributed by atoms with E-state index < -0.39 is 22.5 Å². The molecule has 2 rings (SSSR count). The molecule has 0 aliphatic carbocycles. The maximum absolute atomic E-state index is 12.1. The van der Waals surface area contributed by atoms with Crippen LogP contribution in [0.4, 0.5) is 5.69 Å². The number of nitrogens with zero attached hydrogens (tertiary/aromatic N) is 2. The summed E-state index contributed by atoms with van der Waals surface area (Å²) >= 11 is 15.3. The molecule has 10 heteroatoms. The van der Waals surface area contributed by atoms with Crippen LogP contribution in [0.15, 0.2) is 52.0 Å². The second kappa shape index (κ2) is 8.85. The highest BCUT2D eigenvalue weighted by atomic mass is 79.9. The van der Waals surface area contributed by atoms with Gasteiger partial charge in [0.15, 0.2) is 0 Å². The molecular formula is C16H14BrCl2N3O3S. The highest BCUT2D eigenvalue weighted by Gasteiger charge is 2.23. The molecular weight excluding hydrogens is 465 g/mol. The molecule has 0 saturated heterocycles. The molecule has 0 radical (unpaired) electrons. The second-order valence-corrected chi connectivity index (χ2v) is 8.78. The normalized spacial score (nSPS) is 11.5. The third-order valence-corrected chi connectivity index (χ3v) is 5.57. The Morgan fingerprint density at radius 2 is 1.96 bits per heavy atom. The molecule has 0 unspecified atom stereocenters. The van der Waals surface area contributed by atoms with Crippen molar-refractivity contribution < 1.29 is 13.2 Å². The van der Waals surface area contributed by atoms with Gasteiger partial charge in [-0.2, -0.15) is 5.10 Å². The Labute approximate surface area is 170 Å². The van der Waals surface area contributed by atoms with Crippen LogP contribution in [0, 0.1) is 0 Å². The number of halogens is 3. The van der Waals surface area contributed by atoms with Gasteiger partial charge in [-0.25, -0.2) is 13.8 Å². The van der Waals surface area contributed by atoms with Crippen molar-refractivity contribution >= 4 is 67.0 Å². The Morgan fingerprint density at radius 1 is 1.27 bits per heavy atom. The minimum absolute atomic E-state index is 0.117. The molecule has 6 nitrogen and oxygen atoms in total. The van der Waals surface area contributed by atoms with Crippen molar-refractivity contribution in [2.24, 2.45) is 5.10 Å². The average Bonchev–Trinajstić information content (AvgIpc) is 2.56. The summed E-state index contributed by atoms with van der Waals surface area (Å²) in [4.78, 5) is 12.1. The molecule has 1 amide bonds. The third-order valence-electron chi connectivity index (χ3n) is 3.16. The van der Waals surface area contributed by atoms with Crippen LogP contribution in [0.3, 0.4) is 0 Å². The summed E-state index contributed by atoms with van der Waals surface area (Å²) in [6.07, 6.45) is 2.42. The number of hydrazone groups is 1. The van der Waals surface area contributed by atoms with E-state index in [9.17, 15) is 13.2 Å². The first kappa shape index (κ1) is 20.7. The van der Waals surface area contributed by atoms with E-state index in [4.69, 9.17) is 23.2 Å². The zero-order valence-corrected chi connectivity index (χ0v) is 17.4. The van der Waals surface area contributed by atoms with Gasteiger partial charge in [0.25, 0.3) is 5.91 Å². The van der Waals surface area contributed by atoms with Gasteiger partial charge in [0.1, 0.15) is 6.54 Å². The van der Waals surface area contributed by atoms with Gasteiger partial charge in [0.2, 0.25) is 10.0 Å². The van der Waals surface area contributed by atoms with Crippen LogP contribution in [0.2, 0.25) is 10.0 Å². The highest BCUT2D eigenvalue weighted by Crippen LogP contribution is 2.30. The van der Waals surface area contributed by atoms with Crippen molar-refractivity contribution in [1.29, 1.82) is 0 Å². The zero-order valence-electron chi connectivity index (χ0n) is 13.5. The van der Waals surface area contributed by atoms with Crippen LogP contribution in [0.5, 0.6) is 0 Å². The van der Waals surface area contributed by atoms with Crippen molar-refractivity contribution in [3.8, 4) is 0 Å². The molecule has 0 aromatic heterocycles. The fourth-order valence-electron chi connectivity index (χ4n) is 1.98. The number of hydrogen-bond donors (Lipinski definition) is 1. The summed E-state index contributed by atoms with van der Waals surface area (Å²) in [7, 11) is -3.77. The molecule has 26 heavy (non-hydrogen) atoms. The molecule has 138 valence electrons. The summed E-state index contributed by atoms with van der Waals surface area (Å²) < 4.78 is 25.8. The number of benzene rings is 2. The average molecular weight is 479 g/mol. The standard InChI is InChI=1S/C16H14BrCl2N3O3S/c1-26(24,25)22(15-8-12(18)6-7-14(15)19)10-16(23)21-20-9-11-4-2-3-5-13(11)17/h2-9H,10H2,1H3,(H,21,23)/b20-9-. The van der Waals surface area contributed by atoms with E-state index in [1.807, 2.05) is 18.2 Å². The van der Waals surface area contributed by atoms with E-state index in [1.165, 1.54) is 24.4 Å². The van der Waals surface area contributed by atoms with Gasteiger partial charge in [-0.1, -0.05) is 57.3 Å². The molecule has 0 aliphatic rings. The largest absolute Gasteiger partial charge is 0.271 e. The number of amides is 1. The lowest BCUT2D eigenvalue weighted by molar-refractivity contribution is -0.119. The van der Waals surface area contributed by atoms with E-state index in [0.717, 1.165) is 20.6 Å². The SMILES string of the molecule is CS(=O)(=O)N(CC(=O)N/N=C\c1ccccc1Br)c1cc(Cl)ccc1Cl. The van der Waals surface area contributed by atoms with Crippen LogP contribution >= 0.6 is 39.1 Å². The molecule has 0 bridgehead atoms. The van der Waals surface area contributed by atoms with Crippen LogP contribution in [0.25, 0.3) is 0 Å². The van der Waals surface area contributed by atoms with E-state index in [0.29, 0.717) is 5.02 Å². The van der Waals surface area contributed by atoms with Crippen molar-refractivity contribution in [1.82, 2.24) is 5.43 Å². The lowest BCUT2D eigenvalue weighted by atomic mass is 10.2. The first-order chi connectivity index (χ1) is 12.2. The quantitative estimate of drug-likeness (QED) is 0.508. The molecule has 2 aromatic rings. The minimum atomic E-state index is -3.77. The molecule has 0 heterocycles. The maximum Gasteiger partial charge on any atom is 0.260 e. The molecule has 0 spiro atoms. The Kier molecular flexibility index (Phi) is 7.05. The number of carbonyl (C=O) groups excluding carboxylic acids is 1. The molecule has 0 aliphatic heterocycles. The van der Waals surface area contributed by atoms with Gasteiger partial charge >= 0.3 is 0 Å². The van der Waals surface area contributed by atoms with Crippen LogP contribution in [-0.4, -0.2) is 33.3 Å². The number of rotatable bonds is 6. The van der Waals surface area contributed by atoms with E-state index in [-0.39, 0.29) is 10.7 Å². The molecule has 1 N–H and O–H groups in total. The van der Waals surface area contributed by atoms with Crippen molar-refractivity contribution in [2.45, 2.75) is 0 Å². The van der Waals surface area contributed by atoms with Crippen molar-refractivity contribution in [3.05, 3.63) is 62.5 Å². The zero-order chi connectivity index (χ0) is 19.3. The van der Waals surface area contributed by atoms with E-state index in [1.54, 1.807) is 6.07 Å². The van der Waals surface area contributed by atoms with Crippen molar-refractivity contribution in [3.63, 3.8) is 0 Å². The Bertz CT molecular complexity index is 952. The minimum Gasteiger partial charge on any atom is -0.271 e. The van der Waals surface area contributed by atoms with E-state index in [2.05, 4.69) is 26.5 Å². The molecule has 0 saturated carbocycles. The first-order valence-electron chi connectivity index (χ1n) is 7.17. The molecule has 2 aromatic carbocycles. The maximum atomic E-state index is 12.1. The first-order valence-corrected chi connectivity index (χ1v) is 10.6. The predicted molar refractivity (Wildman–Crippen MR) is 109 cm³/mol. The van der Waals surface area contributed by atoms with Gasteiger partial charge in [-0.15, -0.1) is 0 Å². The van der Waals surface area contributed by atoms with Gasteiger partial charge in [0, 0.05) is 15.1 Å². The summed E-state index contributed by atoms with van der Waals surface area (Å²) in [5, 5.41) is 4.29. The number of hydrogen-bond acceptors (Lipinski definition) is 4. The van der Waals surface area contributed by atoms with Crippen LogP contribution < -0.4 is 9.73 Å². The summed E-state index contributed by atoms with van der Waals surface area (Å²) in [6, 6.07) is 11.7. The fourth-order valence-corrected chi connectivity index (χ4v) is 3.66. The lowest BCUT2D eigenvalue weighted by Crippen LogP contribution is -2.39. The van der Waals surface area contributed by atoms with Gasteiger partial charge in [0.05, 0.1) is 23.2 Å². The number of anilines is 1. The Morgan fingerprint density at radius 3 is 2.62 bits per heavy atom. The van der Waals surface area contributed by atoms with E-state index >= 15 is 0 Å². The topological polar surface area (TPSA) is 78.8 Å². The van der Waals surface area contributed by atoms with Gasteiger partial charge < -0.3 is 0 Å². The summed E-state index contributed by atoms with van der Waals surface area (Å²) in [5.74, 6) is -0.630. The number of carbonyl (C=O) groups is 1. The summed E-state index contributed by atoms with van der Waals surface area (Å²) in [5.41, 5.74) is 3.16. The molecule has 0 fully saturated rings. The van der Waals surface area contributed by atoms with Crippen LogP contribution in [-0.2, 0) is 14.8 Å². The fraction of sp³-hybridized carbons (Fsp3) is 0.125. The predicted octanol–water partition coefficient (Wildman–Crippen LogP) is 3.67.